The molecule has 1 fully saturated rings. The van der Waals surface area contributed by atoms with Crippen LogP contribution in [0.3, 0.4) is 0 Å². The second-order valence-corrected chi connectivity index (χ2v) is 7.93. The maximum absolute atomic E-state index is 12.8. The fraction of sp³-hybridized carbons (Fsp3) is 0.391. The maximum atomic E-state index is 12.8. The second-order valence-electron chi connectivity index (χ2n) is 7.93. The lowest BCUT2D eigenvalue weighted by atomic mass is 9.92. The number of aromatic nitrogens is 1. The Labute approximate surface area is 165 Å². The minimum Gasteiger partial charge on any atom is -0.423 e. The fourth-order valence-electron chi connectivity index (χ4n) is 4.41. The van der Waals surface area contributed by atoms with Gasteiger partial charge in [-0.15, -0.1) is 0 Å². The van der Waals surface area contributed by atoms with Gasteiger partial charge in [0, 0.05) is 32.6 Å². The van der Waals surface area contributed by atoms with Crippen molar-refractivity contribution in [3.05, 3.63) is 59.7 Å². The van der Waals surface area contributed by atoms with Crippen LogP contribution < -0.4 is 4.90 Å². The molecule has 0 N–H and O–H groups in total. The summed E-state index contributed by atoms with van der Waals surface area (Å²) in [6.07, 6.45) is 3.64. The number of oxazole rings is 1. The SMILES string of the molecule is O=C(CC1CCN(c2nc3ccccc3o2)CC1)N1CCc2ccccc2C1. The number of carbonyl (C=O) groups is 1. The molecule has 5 rings (SSSR count). The Bertz CT molecular complexity index is 955. The van der Waals surface area contributed by atoms with Crippen molar-refractivity contribution >= 4 is 23.0 Å². The quantitative estimate of drug-likeness (QED) is 0.694. The third-order valence-electron chi connectivity index (χ3n) is 6.11. The molecule has 1 saturated heterocycles. The first-order chi connectivity index (χ1) is 13.8. The van der Waals surface area contributed by atoms with Gasteiger partial charge >= 0.3 is 0 Å². The van der Waals surface area contributed by atoms with Crippen LogP contribution in [-0.2, 0) is 17.8 Å². The Kier molecular flexibility index (Phi) is 4.51. The van der Waals surface area contributed by atoms with Crippen molar-refractivity contribution in [3.8, 4) is 0 Å². The zero-order valence-corrected chi connectivity index (χ0v) is 16.0. The van der Waals surface area contributed by atoms with Crippen LogP contribution in [0.15, 0.2) is 52.9 Å². The molecule has 3 aromatic rings. The van der Waals surface area contributed by atoms with Crippen molar-refractivity contribution in [2.24, 2.45) is 5.92 Å². The molecule has 0 aliphatic carbocycles. The Balaban J connectivity index is 1.17. The normalized spacial score (nSPS) is 17.7. The highest BCUT2D eigenvalue weighted by molar-refractivity contribution is 5.77. The summed E-state index contributed by atoms with van der Waals surface area (Å²) in [7, 11) is 0. The van der Waals surface area contributed by atoms with Gasteiger partial charge in [0.15, 0.2) is 5.58 Å². The Morgan fingerprint density at radius 3 is 2.57 bits per heavy atom. The van der Waals surface area contributed by atoms with E-state index < -0.39 is 0 Å². The summed E-state index contributed by atoms with van der Waals surface area (Å²) < 4.78 is 5.89. The van der Waals surface area contributed by atoms with Gasteiger partial charge in [0.2, 0.25) is 5.91 Å². The molecule has 1 aromatic heterocycles. The molecule has 0 atom stereocenters. The van der Waals surface area contributed by atoms with Gasteiger partial charge in [-0.25, -0.2) is 0 Å². The first-order valence-electron chi connectivity index (χ1n) is 10.2. The van der Waals surface area contributed by atoms with Gasteiger partial charge < -0.3 is 14.2 Å². The van der Waals surface area contributed by atoms with Crippen molar-refractivity contribution in [2.75, 3.05) is 24.5 Å². The summed E-state index contributed by atoms with van der Waals surface area (Å²) in [5.74, 6) is 0.750. The number of benzene rings is 2. The molecular weight excluding hydrogens is 350 g/mol. The summed E-state index contributed by atoms with van der Waals surface area (Å²) in [5.41, 5.74) is 4.42. The average Bonchev–Trinajstić information content (AvgIpc) is 3.18. The molecule has 0 saturated carbocycles. The lowest BCUT2D eigenvalue weighted by molar-refractivity contribution is -0.133. The molecule has 28 heavy (non-hydrogen) atoms. The Morgan fingerprint density at radius 1 is 1.00 bits per heavy atom. The summed E-state index contributed by atoms with van der Waals surface area (Å²) in [4.78, 5) is 21.7. The van der Waals surface area contributed by atoms with E-state index in [1.807, 2.05) is 29.2 Å². The number of hydrogen-bond donors (Lipinski definition) is 0. The molecular formula is C23H25N3O2. The molecule has 1 amide bonds. The average molecular weight is 375 g/mol. The molecule has 0 spiro atoms. The van der Waals surface area contributed by atoms with E-state index in [0.717, 1.165) is 56.5 Å². The number of amides is 1. The van der Waals surface area contributed by atoms with Gasteiger partial charge in [-0.1, -0.05) is 36.4 Å². The van der Waals surface area contributed by atoms with E-state index >= 15 is 0 Å². The maximum Gasteiger partial charge on any atom is 0.298 e. The monoisotopic (exact) mass is 375 g/mol. The molecule has 2 aliphatic heterocycles. The number of nitrogens with zero attached hydrogens (tertiary/aromatic N) is 3. The van der Waals surface area contributed by atoms with Crippen LogP contribution in [-0.4, -0.2) is 35.4 Å². The van der Waals surface area contributed by atoms with Crippen LogP contribution in [0.4, 0.5) is 6.01 Å². The highest BCUT2D eigenvalue weighted by Crippen LogP contribution is 2.28. The summed E-state index contributed by atoms with van der Waals surface area (Å²) >= 11 is 0. The zero-order valence-electron chi connectivity index (χ0n) is 16.0. The highest BCUT2D eigenvalue weighted by atomic mass is 16.4. The largest absolute Gasteiger partial charge is 0.423 e. The number of fused-ring (bicyclic) bond motifs is 2. The zero-order chi connectivity index (χ0) is 18.9. The number of rotatable bonds is 3. The number of para-hydroxylation sites is 2. The smallest absolute Gasteiger partial charge is 0.298 e. The molecule has 2 aliphatic rings. The number of piperidine rings is 1. The van der Waals surface area contributed by atoms with Crippen LogP contribution in [0.25, 0.3) is 11.1 Å². The number of anilines is 1. The molecule has 2 aromatic carbocycles. The van der Waals surface area contributed by atoms with Crippen LogP contribution in [0.2, 0.25) is 0 Å². The molecule has 3 heterocycles. The minimum absolute atomic E-state index is 0.301. The summed E-state index contributed by atoms with van der Waals surface area (Å²) in [6, 6.07) is 17.1. The second kappa shape index (κ2) is 7.30. The van der Waals surface area contributed by atoms with Crippen LogP contribution in [0.1, 0.15) is 30.4 Å². The summed E-state index contributed by atoms with van der Waals surface area (Å²) in [5, 5.41) is 0. The van der Waals surface area contributed by atoms with Crippen LogP contribution in [0, 0.1) is 5.92 Å². The van der Waals surface area contributed by atoms with E-state index in [0.29, 0.717) is 24.3 Å². The Morgan fingerprint density at radius 2 is 1.75 bits per heavy atom. The van der Waals surface area contributed by atoms with E-state index in [1.54, 1.807) is 0 Å². The first-order valence-corrected chi connectivity index (χ1v) is 10.2. The molecule has 144 valence electrons. The molecule has 0 radical (unpaired) electrons. The summed E-state index contributed by atoms with van der Waals surface area (Å²) in [6.45, 7) is 3.40. The predicted molar refractivity (Wildman–Crippen MR) is 109 cm³/mol. The third kappa shape index (κ3) is 3.37. The molecule has 0 bridgehead atoms. The van der Waals surface area contributed by atoms with Crippen molar-refractivity contribution in [2.45, 2.75) is 32.2 Å². The van der Waals surface area contributed by atoms with E-state index in [9.17, 15) is 4.79 Å². The Hall–Kier alpha value is -2.82. The minimum atomic E-state index is 0.301. The van der Waals surface area contributed by atoms with Crippen molar-refractivity contribution in [3.63, 3.8) is 0 Å². The van der Waals surface area contributed by atoms with Crippen molar-refractivity contribution in [1.82, 2.24) is 9.88 Å². The van der Waals surface area contributed by atoms with Gasteiger partial charge in [-0.05, 0) is 48.4 Å². The fourth-order valence-corrected chi connectivity index (χ4v) is 4.41. The molecule has 0 unspecified atom stereocenters. The predicted octanol–water partition coefficient (Wildman–Crippen LogP) is 4.02. The van der Waals surface area contributed by atoms with Gasteiger partial charge in [0.05, 0.1) is 0 Å². The van der Waals surface area contributed by atoms with Gasteiger partial charge in [0.1, 0.15) is 5.52 Å². The lowest BCUT2D eigenvalue weighted by Crippen LogP contribution is -2.39. The van der Waals surface area contributed by atoms with Crippen molar-refractivity contribution < 1.29 is 9.21 Å². The van der Waals surface area contributed by atoms with Gasteiger partial charge in [-0.3, -0.25) is 4.79 Å². The van der Waals surface area contributed by atoms with Crippen LogP contribution in [0.5, 0.6) is 0 Å². The first kappa shape index (κ1) is 17.3. The van der Waals surface area contributed by atoms with E-state index in [4.69, 9.17) is 4.42 Å². The number of hydrogen-bond acceptors (Lipinski definition) is 4. The van der Waals surface area contributed by atoms with E-state index in [-0.39, 0.29) is 0 Å². The van der Waals surface area contributed by atoms with Gasteiger partial charge in [-0.2, -0.15) is 4.98 Å². The van der Waals surface area contributed by atoms with Gasteiger partial charge in [0.25, 0.3) is 6.01 Å². The topological polar surface area (TPSA) is 49.6 Å². The standard InChI is InChI=1S/C23H25N3O2/c27-22(26-14-11-18-5-1-2-6-19(18)16-26)15-17-9-12-25(13-10-17)23-24-20-7-3-4-8-21(20)28-23/h1-8,17H,9-16H2. The lowest BCUT2D eigenvalue weighted by Gasteiger charge is -2.33. The molecule has 5 heteroatoms. The van der Waals surface area contributed by atoms with Crippen molar-refractivity contribution in [1.29, 1.82) is 0 Å². The van der Waals surface area contributed by atoms with E-state index in [1.165, 1.54) is 11.1 Å². The molecule has 5 nitrogen and oxygen atoms in total. The third-order valence-corrected chi connectivity index (χ3v) is 6.11. The van der Waals surface area contributed by atoms with Crippen LogP contribution >= 0.6 is 0 Å². The highest BCUT2D eigenvalue weighted by Gasteiger charge is 2.27. The number of carbonyl (C=O) groups excluding carboxylic acids is 1. The van der Waals surface area contributed by atoms with E-state index in [2.05, 4.69) is 34.1 Å².